The maximum Gasteiger partial charge on any atom is 0.359 e. The van der Waals surface area contributed by atoms with E-state index in [0.717, 1.165) is 0 Å². The van der Waals surface area contributed by atoms with Gasteiger partial charge in [-0.2, -0.15) is 0 Å². The minimum Gasteiger partial charge on any atom is -0.505 e. The summed E-state index contributed by atoms with van der Waals surface area (Å²) in [4.78, 5) is 24.1. The summed E-state index contributed by atoms with van der Waals surface area (Å²) in [5, 5.41) is 11.3. The normalized spacial score (nSPS) is 15.8. The van der Waals surface area contributed by atoms with Crippen molar-refractivity contribution >= 4 is 28.3 Å². The predicted octanol–water partition coefficient (Wildman–Crippen LogP) is 2.88. The molecule has 1 aromatic heterocycles. The minimum absolute atomic E-state index is 0.146. The van der Waals surface area contributed by atoms with Gasteiger partial charge < -0.3 is 9.84 Å². The highest BCUT2D eigenvalue weighted by Gasteiger charge is 2.47. The Bertz CT molecular complexity index is 836. The fraction of sp³-hybridized carbons (Fsp3) is 0.375. The van der Waals surface area contributed by atoms with Crippen molar-refractivity contribution in [2.75, 3.05) is 6.61 Å². The molecule has 2 aromatic rings. The Labute approximate surface area is 132 Å². The van der Waals surface area contributed by atoms with Gasteiger partial charge in [0.15, 0.2) is 11.4 Å². The Kier molecular flexibility index (Phi) is 3.40. The van der Waals surface area contributed by atoms with Crippen LogP contribution in [0.15, 0.2) is 23.0 Å². The second-order valence-electron chi connectivity index (χ2n) is 5.47. The highest BCUT2D eigenvalue weighted by atomic mass is 35.5. The molecule has 6 heteroatoms. The van der Waals surface area contributed by atoms with E-state index in [-0.39, 0.29) is 23.6 Å². The Balaban J connectivity index is 2.45. The van der Waals surface area contributed by atoms with Gasteiger partial charge in [0.2, 0.25) is 0 Å². The van der Waals surface area contributed by atoms with E-state index >= 15 is 0 Å². The fourth-order valence-electron chi connectivity index (χ4n) is 2.70. The molecular weight excluding hydrogens is 306 g/mol. The molecule has 22 heavy (non-hydrogen) atoms. The van der Waals surface area contributed by atoms with Crippen LogP contribution >= 0.6 is 11.6 Å². The molecule has 1 N–H and O–H groups in total. The van der Waals surface area contributed by atoms with Crippen molar-refractivity contribution in [3.8, 4) is 5.75 Å². The van der Waals surface area contributed by atoms with Crippen LogP contribution in [0.4, 0.5) is 0 Å². The van der Waals surface area contributed by atoms with E-state index in [1.54, 1.807) is 32.0 Å². The monoisotopic (exact) mass is 321 g/mol. The van der Waals surface area contributed by atoms with Gasteiger partial charge in [0.1, 0.15) is 5.00 Å². The standard InChI is InChI=1S/C16H16ClNO4/c1-3-22-15(21)12-13(19)11-9(2)5-4-6-10(11)14(20)18(12)16(17)7-8-16/h4-6,19H,3,7-8H2,1-2H3. The maximum absolute atomic E-state index is 12.8. The number of aryl methyl sites for hydroxylation is 1. The van der Waals surface area contributed by atoms with Crippen molar-refractivity contribution in [1.29, 1.82) is 0 Å². The van der Waals surface area contributed by atoms with E-state index in [4.69, 9.17) is 16.3 Å². The van der Waals surface area contributed by atoms with Gasteiger partial charge in [-0.25, -0.2) is 4.79 Å². The van der Waals surface area contributed by atoms with Crippen molar-refractivity contribution in [1.82, 2.24) is 4.57 Å². The van der Waals surface area contributed by atoms with E-state index in [1.807, 2.05) is 0 Å². The minimum atomic E-state index is -0.950. The van der Waals surface area contributed by atoms with E-state index in [1.165, 1.54) is 4.57 Å². The lowest BCUT2D eigenvalue weighted by Crippen LogP contribution is -2.32. The third-order valence-corrected chi connectivity index (χ3v) is 4.47. The van der Waals surface area contributed by atoms with Crippen LogP contribution in [-0.4, -0.2) is 22.2 Å². The van der Waals surface area contributed by atoms with Gasteiger partial charge in [-0.05, 0) is 38.3 Å². The van der Waals surface area contributed by atoms with Gasteiger partial charge >= 0.3 is 5.97 Å². The summed E-state index contributed by atoms with van der Waals surface area (Å²) < 4.78 is 6.18. The number of alkyl halides is 1. The number of pyridine rings is 1. The molecule has 5 nitrogen and oxygen atoms in total. The smallest absolute Gasteiger partial charge is 0.359 e. The number of esters is 1. The van der Waals surface area contributed by atoms with Crippen LogP contribution in [0.1, 0.15) is 35.8 Å². The van der Waals surface area contributed by atoms with E-state index in [0.29, 0.717) is 29.2 Å². The molecule has 0 saturated heterocycles. The fourth-order valence-corrected chi connectivity index (χ4v) is 2.96. The number of aromatic nitrogens is 1. The van der Waals surface area contributed by atoms with Crippen LogP contribution in [0.2, 0.25) is 0 Å². The number of carbonyl (C=O) groups is 1. The largest absolute Gasteiger partial charge is 0.505 e. The first kappa shape index (κ1) is 14.9. The molecule has 1 heterocycles. The number of carbonyl (C=O) groups excluding carboxylic acids is 1. The molecule has 0 radical (unpaired) electrons. The van der Waals surface area contributed by atoms with Crippen LogP contribution in [-0.2, 0) is 9.73 Å². The predicted molar refractivity (Wildman–Crippen MR) is 83.6 cm³/mol. The topological polar surface area (TPSA) is 68.5 Å². The quantitative estimate of drug-likeness (QED) is 0.697. The number of fused-ring (bicyclic) bond motifs is 1. The van der Waals surface area contributed by atoms with Gasteiger partial charge in [-0.3, -0.25) is 9.36 Å². The number of hydrogen-bond acceptors (Lipinski definition) is 4. The van der Waals surface area contributed by atoms with Crippen molar-refractivity contribution in [2.24, 2.45) is 0 Å². The first-order valence-electron chi connectivity index (χ1n) is 7.14. The Morgan fingerprint density at radius 2 is 2.14 bits per heavy atom. The second kappa shape index (κ2) is 5.02. The highest BCUT2D eigenvalue weighted by molar-refractivity contribution is 6.24. The molecule has 1 fully saturated rings. The molecule has 116 valence electrons. The van der Waals surface area contributed by atoms with Crippen molar-refractivity contribution in [3.63, 3.8) is 0 Å². The van der Waals surface area contributed by atoms with E-state index in [9.17, 15) is 14.7 Å². The number of halogens is 1. The summed E-state index contributed by atoms with van der Waals surface area (Å²) in [6.45, 7) is 3.58. The van der Waals surface area contributed by atoms with Crippen LogP contribution < -0.4 is 5.56 Å². The van der Waals surface area contributed by atoms with Crippen LogP contribution in [0.3, 0.4) is 0 Å². The van der Waals surface area contributed by atoms with Crippen molar-refractivity contribution < 1.29 is 14.6 Å². The third kappa shape index (κ3) is 2.08. The summed E-state index contributed by atoms with van der Waals surface area (Å²) in [5.41, 5.74) is 0.164. The van der Waals surface area contributed by atoms with Gasteiger partial charge in [0.05, 0.1) is 12.0 Å². The Morgan fingerprint density at radius 3 is 2.73 bits per heavy atom. The first-order chi connectivity index (χ1) is 10.4. The Morgan fingerprint density at radius 1 is 1.45 bits per heavy atom. The van der Waals surface area contributed by atoms with E-state index < -0.39 is 11.0 Å². The summed E-state index contributed by atoms with van der Waals surface area (Å²) >= 11 is 6.38. The van der Waals surface area contributed by atoms with Crippen LogP contribution in [0.5, 0.6) is 5.75 Å². The molecule has 0 aliphatic heterocycles. The zero-order valence-corrected chi connectivity index (χ0v) is 13.1. The lowest BCUT2D eigenvalue weighted by Gasteiger charge is -2.19. The molecule has 0 bridgehead atoms. The summed E-state index contributed by atoms with van der Waals surface area (Å²) in [6.07, 6.45) is 1.13. The number of aromatic hydroxyl groups is 1. The van der Waals surface area contributed by atoms with Gasteiger partial charge in [0, 0.05) is 5.39 Å². The van der Waals surface area contributed by atoms with Crippen molar-refractivity contribution in [2.45, 2.75) is 31.7 Å². The molecule has 1 aliphatic carbocycles. The van der Waals surface area contributed by atoms with Crippen LogP contribution in [0, 0.1) is 6.92 Å². The number of ether oxygens (including phenoxy) is 1. The lowest BCUT2D eigenvalue weighted by atomic mass is 10.0. The lowest BCUT2D eigenvalue weighted by molar-refractivity contribution is 0.0507. The molecule has 0 unspecified atom stereocenters. The van der Waals surface area contributed by atoms with Crippen molar-refractivity contribution in [3.05, 3.63) is 39.8 Å². The van der Waals surface area contributed by atoms with E-state index in [2.05, 4.69) is 0 Å². The number of hydrogen-bond donors (Lipinski definition) is 1. The molecule has 3 rings (SSSR count). The number of benzene rings is 1. The van der Waals surface area contributed by atoms with Gasteiger partial charge in [-0.1, -0.05) is 23.7 Å². The average molecular weight is 322 g/mol. The molecule has 0 amide bonds. The van der Waals surface area contributed by atoms with Gasteiger partial charge in [0.25, 0.3) is 5.56 Å². The summed E-state index contributed by atoms with van der Waals surface area (Å²) in [6, 6.07) is 5.13. The molecule has 1 saturated carbocycles. The maximum atomic E-state index is 12.8. The Hall–Kier alpha value is -2.01. The molecule has 0 spiro atoms. The average Bonchev–Trinajstić information content (AvgIpc) is 3.21. The summed E-state index contributed by atoms with van der Waals surface area (Å²) in [7, 11) is 0. The second-order valence-corrected chi connectivity index (χ2v) is 6.18. The first-order valence-corrected chi connectivity index (χ1v) is 7.52. The zero-order valence-electron chi connectivity index (χ0n) is 12.4. The molecule has 1 aromatic carbocycles. The molecular formula is C16H16ClNO4. The van der Waals surface area contributed by atoms with Crippen LogP contribution in [0.25, 0.3) is 10.8 Å². The zero-order chi connectivity index (χ0) is 16.1. The SMILES string of the molecule is CCOC(=O)c1c(O)c2c(C)cccc2c(=O)n1C1(Cl)CC1. The van der Waals surface area contributed by atoms with Gasteiger partial charge in [-0.15, -0.1) is 0 Å². The number of nitrogens with zero attached hydrogens (tertiary/aromatic N) is 1. The molecule has 0 atom stereocenters. The number of rotatable bonds is 3. The molecule has 1 aliphatic rings. The highest BCUT2D eigenvalue weighted by Crippen LogP contribution is 2.49. The third-order valence-electron chi connectivity index (χ3n) is 3.92. The summed E-state index contributed by atoms with van der Waals surface area (Å²) in [5.74, 6) is -0.993.